The van der Waals surface area contributed by atoms with Crippen molar-refractivity contribution in [2.24, 2.45) is 5.10 Å². The number of nitrogens with one attached hydrogen (secondary N) is 2. The normalized spacial score (nSPS) is 11.5. The number of para-hydroxylation sites is 1. The Bertz CT molecular complexity index is 1130. The molecule has 0 aliphatic heterocycles. The molecule has 0 aliphatic rings. The molecule has 3 aromatic rings. The Labute approximate surface area is 173 Å². The largest absolute Gasteiger partial charge is 0.507 e. The van der Waals surface area contributed by atoms with Gasteiger partial charge in [-0.2, -0.15) is 5.10 Å². The summed E-state index contributed by atoms with van der Waals surface area (Å²) in [5.74, 6) is -0.597. The maximum absolute atomic E-state index is 12.5. The van der Waals surface area contributed by atoms with E-state index in [1.807, 2.05) is 0 Å². The summed E-state index contributed by atoms with van der Waals surface area (Å²) in [4.78, 5) is 12.5. The zero-order valence-corrected chi connectivity index (χ0v) is 17.4. The molecular weight excluding hydrogens is 466 g/mol. The van der Waals surface area contributed by atoms with Gasteiger partial charge in [0.1, 0.15) is 9.96 Å². The quantitative estimate of drug-likeness (QED) is 0.369. The number of carbonyl (C=O) groups excluding carboxylic acids is 1. The van der Waals surface area contributed by atoms with Crippen LogP contribution in [0.2, 0.25) is 0 Å². The number of rotatable bonds is 6. The summed E-state index contributed by atoms with van der Waals surface area (Å²) in [6.45, 7) is 0. The number of hydrogen-bond acceptors (Lipinski definition) is 6. The van der Waals surface area contributed by atoms with Gasteiger partial charge in [0.2, 0.25) is 0 Å². The Hall–Kier alpha value is -2.69. The highest BCUT2D eigenvalue weighted by atomic mass is 79.9. The molecule has 1 heterocycles. The first-order valence-electron chi connectivity index (χ1n) is 7.84. The van der Waals surface area contributed by atoms with Crippen LogP contribution in [-0.2, 0) is 10.0 Å². The minimum absolute atomic E-state index is 0.00491. The van der Waals surface area contributed by atoms with Crippen molar-refractivity contribution in [2.75, 3.05) is 4.72 Å². The number of aromatic hydroxyl groups is 1. The number of benzene rings is 2. The van der Waals surface area contributed by atoms with Crippen molar-refractivity contribution in [1.29, 1.82) is 0 Å². The van der Waals surface area contributed by atoms with E-state index in [4.69, 9.17) is 0 Å². The summed E-state index contributed by atoms with van der Waals surface area (Å²) in [7, 11) is -3.79. The molecule has 0 aliphatic carbocycles. The predicted molar refractivity (Wildman–Crippen MR) is 112 cm³/mol. The Kier molecular flexibility index (Phi) is 6.12. The number of anilines is 1. The number of phenols is 1. The predicted octanol–water partition coefficient (Wildman–Crippen LogP) is 3.78. The van der Waals surface area contributed by atoms with Gasteiger partial charge in [-0.15, -0.1) is 11.3 Å². The van der Waals surface area contributed by atoms with E-state index in [0.717, 1.165) is 15.8 Å². The van der Waals surface area contributed by atoms with Gasteiger partial charge in [0, 0.05) is 10.0 Å². The molecule has 0 spiro atoms. The van der Waals surface area contributed by atoms with Crippen LogP contribution in [0, 0.1) is 0 Å². The van der Waals surface area contributed by atoms with Gasteiger partial charge in [0.15, 0.2) is 0 Å². The van der Waals surface area contributed by atoms with Gasteiger partial charge in [-0.1, -0.05) is 34.1 Å². The van der Waals surface area contributed by atoms with Crippen LogP contribution in [0.1, 0.15) is 15.9 Å². The van der Waals surface area contributed by atoms with E-state index >= 15 is 0 Å². The van der Waals surface area contributed by atoms with Crippen LogP contribution >= 0.6 is 27.3 Å². The maximum Gasteiger partial charge on any atom is 0.273 e. The molecule has 0 unspecified atom stereocenters. The van der Waals surface area contributed by atoms with E-state index in [1.165, 1.54) is 30.5 Å². The molecule has 0 bridgehead atoms. The SMILES string of the molecule is O=C(N/N=C/c1cc(Br)ccc1O)c1ccccc1NS(=O)(=O)c1cccs1. The van der Waals surface area contributed by atoms with Crippen LogP contribution in [0.15, 0.2) is 73.8 Å². The van der Waals surface area contributed by atoms with Crippen LogP contribution < -0.4 is 10.1 Å². The molecule has 0 saturated heterocycles. The van der Waals surface area contributed by atoms with Crippen molar-refractivity contribution >= 4 is 55.1 Å². The van der Waals surface area contributed by atoms with Crippen LogP contribution in [0.4, 0.5) is 5.69 Å². The first-order chi connectivity index (χ1) is 13.4. The van der Waals surface area contributed by atoms with E-state index in [-0.39, 0.29) is 21.2 Å². The van der Waals surface area contributed by atoms with Gasteiger partial charge >= 0.3 is 0 Å². The lowest BCUT2D eigenvalue weighted by molar-refractivity contribution is 0.0956. The highest BCUT2D eigenvalue weighted by Crippen LogP contribution is 2.23. The Morgan fingerprint density at radius 3 is 2.68 bits per heavy atom. The number of halogens is 1. The summed E-state index contributed by atoms with van der Waals surface area (Å²) < 4.78 is 28.1. The fourth-order valence-corrected chi connectivity index (χ4v) is 4.68. The number of thiophene rings is 1. The Morgan fingerprint density at radius 2 is 1.93 bits per heavy atom. The van der Waals surface area contributed by atoms with Crippen LogP contribution in [-0.4, -0.2) is 25.6 Å². The van der Waals surface area contributed by atoms with Crippen molar-refractivity contribution in [2.45, 2.75) is 4.21 Å². The van der Waals surface area contributed by atoms with Gasteiger partial charge in [-0.05, 0) is 41.8 Å². The van der Waals surface area contributed by atoms with E-state index in [9.17, 15) is 18.3 Å². The summed E-state index contributed by atoms with van der Waals surface area (Å²) in [5, 5.41) is 15.3. The fraction of sp³-hybridized carbons (Fsp3) is 0. The minimum atomic E-state index is -3.79. The smallest absolute Gasteiger partial charge is 0.273 e. The molecule has 144 valence electrons. The Balaban J connectivity index is 1.78. The molecule has 28 heavy (non-hydrogen) atoms. The first-order valence-corrected chi connectivity index (χ1v) is 11.0. The molecule has 10 heteroatoms. The van der Waals surface area contributed by atoms with Gasteiger partial charge in [0.25, 0.3) is 15.9 Å². The lowest BCUT2D eigenvalue weighted by Gasteiger charge is -2.10. The molecule has 0 saturated carbocycles. The molecular formula is C18H14BrN3O4S2. The lowest BCUT2D eigenvalue weighted by Crippen LogP contribution is -2.21. The number of nitrogens with zero attached hydrogens (tertiary/aromatic N) is 1. The molecule has 1 aromatic heterocycles. The average Bonchev–Trinajstić information content (AvgIpc) is 3.20. The topological polar surface area (TPSA) is 108 Å². The summed E-state index contributed by atoms with van der Waals surface area (Å²) in [5.41, 5.74) is 2.97. The third-order valence-electron chi connectivity index (χ3n) is 3.54. The number of phenolic OH excluding ortho intramolecular Hbond substituents is 1. The molecule has 3 N–H and O–H groups in total. The van der Waals surface area contributed by atoms with Crippen LogP contribution in [0.5, 0.6) is 5.75 Å². The van der Waals surface area contributed by atoms with Gasteiger partial charge in [0.05, 0.1) is 17.5 Å². The van der Waals surface area contributed by atoms with Gasteiger partial charge < -0.3 is 5.11 Å². The highest BCUT2D eigenvalue weighted by molar-refractivity contribution is 9.10. The second-order valence-corrected chi connectivity index (χ2v) is 9.26. The standard InChI is InChI=1S/C18H14BrN3O4S2/c19-13-7-8-16(23)12(10-13)11-20-21-18(24)14-4-1-2-5-15(14)22-28(25,26)17-6-3-9-27-17/h1-11,22-23H,(H,21,24)/b20-11+. The van der Waals surface area contributed by atoms with Crippen LogP contribution in [0.25, 0.3) is 0 Å². The molecule has 0 radical (unpaired) electrons. The number of hydrogen-bond donors (Lipinski definition) is 3. The zero-order valence-electron chi connectivity index (χ0n) is 14.2. The van der Waals surface area contributed by atoms with E-state index in [0.29, 0.717) is 5.56 Å². The number of amides is 1. The van der Waals surface area contributed by atoms with Gasteiger partial charge in [-0.25, -0.2) is 13.8 Å². The molecule has 0 atom stereocenters. The maximum atomic E-state index is 12.5. The second-order valence-electron chi connectivity index (χ2n) is 5.49. The summed E-state index contributed by atoms with van der Waals surface area (Å²) in [6.07, 6.45) is 1.29. The van der Waals surface area contributed by atoms with Crippen molar-refractivity contribution < 1.29 is 18.3 Å². The molecule has 0 fully saturated rings. The monoisotopic (exact) mass is 479 g/mol. The Morgan fingerprint density at radius 1 is 1.14 bits per heavy atom. The van der Waals surface area contributed by atoms with Gasteiger partial charge in [-0.3, -0.25) is 9.52 Å². The number of sulfonamides is 1. The van der Waals surface area contributed by atoms with Crippen molar-refractivity contribution in [1.82, 2.24) is 5.43 Å². The first kappa shape index (κ1) is 20.1. The number of carbonyl (C=O) groups is 1. The molecule has 3 rings (SSSR count). The van der Waals surface area contributed by atoms with E-state index in [1.54, 1.807) is 35.7 Å². The lowest BCUT2D eigenvalue weighted by atomic mass is 10.2. The van der Waals surface area contributed by atoms with Crippen molar-refractivity contribution in [3.63, 3.8) is 0 Å². The summed E-state index contributed by atoms with van der Waals surface area (Å²) in [6, 6.07) is 14.1. The zero-order chi connectivity index (χ0) is 20.1. The van der Waals surface area contributed by atoms with E-state index < -0.39 is 15.9 Å². The summed E-state index contributed by atoms with van der Waals surface area (Å²) >= 11 is 4.36. The van der Waals surface area contributed by atoms with Crippen molar-refractivity contribution in [3.05, 3.63) is 75.6 Å². The molecule has 1 amide bonds. The van der Waals surface area contributed by atoms with E-state index in [2.05, 4.69) is 31.2 Å². The molecule has 2 aromatic carbocycles. The highest BCUT2D eigenvalue weighted by Gasteiger charge is 2.19. The third kappa shape index (κ3) is 4.77. The van der Waals surface area contributed by atoms with Crippen molar-refractivity contribution in [3.8, 4) is 5.75 Å². The van der Waals surface area contributed by atoms with Crippen LogP contribution in [0.3, 0.4) is 0 Å². The third-order valence-corrected chi connectivity index (χ3v) is 6.79. The average molecular weight is 480 g/mol. The molecule has 7 nitrogen and oxygen atoms in total. The fourth-order valence-electron chi connectivity index (χ4n) is 2.23. The minimum Gasteiger partial charge on any atom is -0.507 e. The second kappa shape index (κ2) is 8.55. The number of hydrazone groups is 1.